The molecule has 0 aliphatic carbocycles. The van der Waals surface area contributed by atoms with Gasteiger partial charge in [0, 0.05) is 17.7 Å². The van der Waals surface area contributed by atoms with Gasteiger partial charge in [-0.25, -0.2) is 9.82 Å². The number of hydrazine groups is 1. The van der Waals surface area contributed by atoms with Crippen LogP contribution in [0.5, 0.6) is 0 Å². The Morgan fingerprint density at radius 2 is 2.24 bits per heavy atom. The van der Waals surface area contributed by atoms with Crippen LogP contribution in [0.25, 0.3) is 0 Å². The zero-order chi connectivity index (χ0) is 12.4. The highest BCUT2D eigenvalue weighted by molar-refractivity contribution is 9.10. The Kier molecular flexibility index (Phi) is 3.56. The average Bonchev–Trinajstić information content (AvgIpc) is 2.69. The molecule has 2 aromatic rings. The molecule has 6 heteroatoms. The third-order valence-corrected chi connectivity index (χ3v) is 3.28. The summed E-state index contributed by atoms with van der Waals surface area (Å²) in [5, 5.41) is 4.09. The number of nitrogens with zero attached hydrogens (tertiary/aromatic N) is 2. The Balaban J connectivity index is 2.46. The van der Waals surface area contributed by atoms with Crippen molar-refractivity contribution >= 4 is 15.9 Å². The monoisotopic (exact) mass is 298 g/mol. The Morgan fingerprint density at radius 1 is 1.47 bits per heavy atom. The van der Waals surface area contributed by atoms with Gasteiger partial charge in [0.1, 0.15) is 5.82 Å². The maximum atomic E-state index is 13.0. The first-order valence-corrected chi connectivity index (χ1v) is 5.81. The lowest BCUT2D eigenvalue weighted by Gasteiger charge is -2.18. The first-order valence-electron chi connectivity index (χ1n) is 5.02. The van der Waals surface area contributed by atoms with Crippen molar-refractivity contribution in [2.45, 2.75) is 6.04 Å². The number of benzene rings is 1. The summed E-state index contributed by atoms with van der Waals surface area (Å²) in [6, 6.07) is 6.13. The predicted molar refractivity (Wildman–Crippen MR) is 66.5 cm³/mol. The first kappa shape index (κ1) is 12.2. The quantitative estimate of drug-likeness (QED) is 0.672. The Hall–Kier alpha value is -1.24. The Labute approximate surface area is 107 Å². The molecule has 1 unspecified atom stereocenters. The van der Waals surface area contributed by atoms with Gasteiger partial charge in [0.25, 0.3) is 0 Å². The van der Waals surface area contributed by atoms with Crippen molar-refractivity contribution in [1.29, 1.82) is 0 Å². The molecule has 1 heterocycles. The molecule has 0 bridgehead atoms. The second-order valence-electron chi connectivity index (χ2n) is 3.65. The van der Waals surface area contributed by atoms with Crippen LogP contribution in [-0.2, 0) is 7.05 Å². The zero-order valence-electron chi connectivity index (χ0n) is 9.19. The van der Waals surface area contributed by atoms with Gasteiger partial charge in [0.05, 0.1) is 11.7 Å². The smallest absolute Gasteiger partial charge is 0.124 e. The molecule has 0 fully saturated rings. The molecule has 0 saturated heterocycles. The summed E-state index contributed by atoms with van der Waals surface area (Å²) in [7, 11) is 1.83. The first-order chi connectivity index (χ1) is 8.13. The Bertz CT molecular complexity index is 526. The van der Waals surface area contributed by atoms with Crippen molar-refractivity contribution in [1.82, 2.24) is 15.2 Å². The molecule has 2 rings (SSSR count). The van der Waals surface area contributed by atoms with Crippen LogP contribution in [0.4, 0.5) is 4.39 Å². The maximum Gasteiger partial charge on any atom is 0.124 e. The standard InChI is InChI=1S/C11H12BrFN4/c1-17-10(4-5-15-17)11(16-14)8-3-2-7(13)6-9(8)12/h2-6,11,16H,14H2,1H3. The molecule has 1 aromatic heterocycles. The zero-order valence-corrected chi connectivity index (χ0v) is 10.8. The van der Waals surface area contributed by atoms with E-state index in [4.69, 9.17) is 5.84 Å². The van der Waals surface area contributed by atoms with Crippen LogP contribution in [0.1, 0.15) is 17.3 Å². The van der Waals surface area contributed by atoms with Crippen molar-refractivity contribution < 1.29 is 4.39 Å². The van der Waals surface area contributed by atoms with Crippen LogP contribution in [-0.4, -0.2) is 9.78 Å². The molecule has 1 aromatic carbocycles. The van der Waals surface area contributed by atoms with Crippen molar-refractivity contribution in [3.05, 3.63) is 52.0 Å². The molecular formula is C11H12BrFN4. The Morgan fingerprint density at radius 3 is 2.76 bits per heavy atom. The summed E-state index contributed by atoms with van der Waals surface area (Å²) in [6.45, 7) is 0. The van der Waals surface area contributed by atoms with Crippen molar-refractivity contribution in [3.8, 4) is 0 Å². The lowest BCUT2D eigenvalue weighted by atomic mass is 10.0. The molecule has 0 saturated carbocycles. The van der Waals surface area contributed by atoms with Gasteiger partial charge in [-0.3, -0.25) is 10.5 Å². The summed E-state index contributed by atoms with van der Waals surface area (Å²) in [5.41, 5.74) is 4.47. The number of aromatic nitrogens is 2. The van der Waals surface area contributed by atoms with E-state index in [-0.39, 0.29) is 11.9 Å². The number of nitrogens with two attached hydrogens (primary N) is 1. The molecule has 1 atom stereocenters. The third kappa shape index (κ3) is 2.38. The number of nitrogens with one attached hydrogen (secondary N) is 1. The number of halogens is 2. The molecule has 4 nitrogen and oxygen atoms in total. The van der Waals surface area contributed by atoms with Gasteiger partial charge in [0.15, 0.2) is 0 Å². The molecular weight excluding hydrogens is 287 g/mol. The third-order valence-electron chi connectivity index (χ3n) is 2.59. The molecule has 17 heavy (non-hydrogen) atoms. The fraction of sp³-hybridized carbons (Fsp3) is 0.182. The fourth-order valence-electron chi connectivity index (χ4n) is 1.74. The van der Waals surface area contributed by atoms with Gasteiger partial charge >= 0.3 is 0 Å². The van der Waals surface area contributed by atoms with Crippen LogP contribution in [0.3, 0.4) is 0 Å². The average molecular weight is 299 g/mol. The van der Waals surface area contributed by atoms with E-state index in [9.17, 15) is 4.39 Å². The van der Waals surface area contributed by atoms with E-state index in [1.165, 1.54) is 12.1 Å². The number of hydrogen-bond acceptors (Lipinski definition) is 3. The van der Waals surface area contributed by atoms with Gasteiger partial charge in [0.2, 0.25) is 0 Å². The van der Waals surface area contributed by atoms with Gasteiger partial charge in [-0.1, -0.05) is 22.0 Å². The SMILES string of the molecule is Cn1nccc1C(NN)c1ccc(F)cc1Br. The second kappa shape index (κ2) is 4.95. The van der Waals surface area contributed by atoms with E-state index in [0.29, 0.717) is 4.47 Å². The molecule has 0 aliphatic rings. The van der Waals surface area contributed by atoms with Crippen LogP contribution in [0.15, 0.2) is 34.9 Å². The van der Waals surface area contributed by atoms with Gasteiger partial charge in [-0.05, 0) is 23.8 Å². The topological polar surface area (TPSA) is 55.9 Å². The van der Waals surface area contributed by atoms with E-state index < -0.39 is 0 Å². The van der Waals surface area contributed by atoms with Gasteiger partial charge in [-0.15, -0.1) is 0 Å². The highest BCUT2D eigenvalue weighted by atomic mass is 79.9. The summed E-state index contributed by atoms with van der Waals surface area (Å²) < 4.78 is 15.4. The van der Waals surface area contributed by atoms with Crippen molar-refractivity contribution in [3.63, 3.8) is 0 Å². The lowest BCUT2D eigenvalue weighted by Crippen LogP contribution is -2.30. The van der Waals surface area contributed by atoms with E-state index in [1.54, 1.807) is 16.9 Å². The van der Waals surface area contributed by atoms with E-state index in [2.05, 4.69) is 26.5 Å². The van der Waals surface area contributed by atoms with Crippen LogP contribution in [0, 0.1) is 5.82 Å². The van der Waals surface area contributed by atoms with Crippen LogP contribution >= 0.6 is 15.9 Å². The van der Waals surface area contributed by atoms with E-state index in [0.717, 1.165) is 11.3 Å². The highest BCUT2D eigenvalue weighted by Gasteiger charge is 2.18. The van der Waals surface area contributed by atoms with Gasteiger partial charge < -0.3 is 0 Å². The fourth-order valence-corrected chi connectivity index (χ4v) is 2.32. The summed E-state index contributed by atoms with van der Waals surface area (Å²) in [5.74, 6) is 5.28. The van der Waals surface area contributed by atoms with E-state index >= 15 is 0 Å². The molecule has 0 spiro atoms. The lowest BCUT2D eigenvalue weighted by molar-refractivity contribution is 0.570. The minimum absolute atomic E-state index is 0.238. The highest BCUT2D eigenvalue weighted by Crippen LogP contribution is 2.28. The maximum absolute atomic E-state index is 13.0. The summed E-state index contributed by atoms with van der Waals surface area (Å²) in [6.07, 6.45) is 1.69. The largest absolute Gasteiger partial charge is 0.271 e. The number of rotatable bonds is 3. The predicted octanol–water partition coefficient (Wildman–Crippen LogP) is 1.87. The normalized spacial score (nSPS) is 12.7. The molecule has 90 valence electrons. The van der Waals surface area contributed by atoms with Crippen LogP contribution in [0.2, 0.25) is 0 Å². The number of hydrogen-bond donors (Lipinski definition) is 2. The summed E-state index contributed by atoms with van der Waals surface area (Å²) >= 11 is 3.33. The van der Waals surface area contributed by atoms with Crippen molar-refractivity contribution in [2.75, 3.05) is 0 Å². The molecule has 0 amide bonds. The molecule has 0 aliphatic heterocycles. The molecule has 3 N–H and O–H groups in total. The number of aryl methyl sites for hydroxylation is 1. The van der Waals surface area contributed by atoms with E-state index in [1.807, 2.05) is 13.1 Å². The minimum Gasteiger partial charge on any atom is -0.271 e. The minimum atomic E-state index is -0.290. The molecule has 0 radical (unpaired) electrons. The summed E-state index contributed by atoms with van der Waals surface area (Å²) in [4.78, 5) is 0. The van der Waals surface area contributed by atoms with Crippen LogP contribution < -0.4 is 11.3 Å². The van der Waals surface area contributed by atoms with Gasteiger partial charge in [-0.2, -0.15) is 5.10 Å². The van der Waals surface area contributed by atoms with Crippen molar-refractivity contribution in [2.24, 2.45) is 12.9 Å². The second-order valence-corrected chi connectivity index (χ2v) is 4.50.